The summed E-state index contributed by atoms with van der Waals surface area (Å²) in [7, 11) is 0. The van der Waals surface area contributed by atoms with Gasteiger partial charge in [-0.25, -0.2) is 4.98 Å². The maximum absolute atomic E-state index is 4.37. The number of rotatable bonds is 4. The molecule has 0 aliphatic rings. The Bertz CT molecular complexity index is 489. The molecule has 0 saturated heterocycles. The summed E-state index contributed by atoms with van der Waals surface area (Å²) in [5.41, 5.74) is 2.24. The highest BCUT2D eigenvalue weighted by Gasteiger charge is 1.90. The van der Waals surface area contributed by atoms with E-state index in [1.54, 1.807) is 0 Å². The maximum atomic E-state index is 4.37. The van der Waals surface area contributed by atoms with Gasteiger partial charge >= 0.3 is 0 Å². The van der Waals surface area contributed by atoms with E-state index in [-0.39, 0.29) is 0 Å². The number of anilines is 1. The lowest BCUT2D eigenvalue weighted by Crippen LogP contribution is -2.00. The lowest BCUT2D eigenvalue weighted by molar-refractivity contribution is 1.16. The van der Waals surface area contributed by atoms with Crippen molar-refractivity contribution in [3.8, 4) is 0 Å². The lowest BCUT2D eigenvalue weighted by Gasteiger charge is -2.02. The van der Waals surface area contributed by atoms with Gasteiger partial charge in [-0.05, 0) is 24.6 Å². The van der Waals surface area contributed by atoms with Crippen LogP contribution in [0.3, 0.4) is 0 Å². The van der Waals surface area contributed by atoms with E-state index in [9.17, 15) is 0 Å². The van der Waals surface area contributed by atoms with Crippen LogP contribution < -0.4 is 5.32 Å². The molecule has 0 fully saturated rings. The van der Waals surface area contributed by atoms with Crippen LogP contribution in [-0.2, 0) is 0 Å². The van der Waals surface area contributed by atoms with Crippen molar-refractivity contribution < 1.29 is 0 Å². The van der Waals surface area contributed by atoms with Gasteiger partial charge in [-0.15, -0.1) is 0 Å². The fourth-order valence-corrected chi connectivity index (χ4v) is 1.56. The van der Waals surface area contributed by atoms with Crippen LogP contribution in [0.4, 0.5) is 5.82 Å². The number of nitrogens with one attached hydrogen (secondary N) is 1. The standard InChI is InChI=1S/C15H16N2/c1-13-7-5-11-15(17-13)16-12-6-10-14-8-3-2-4-9-14/h2-11H,12H2,1H3,(H,16,17)/b10-6+. The van der Waals surface area contributed by atoms with Gasteiger partial charge in [0.1, 0.15) is 5.82 Å². The van der Waals surface area contributed by atoms with Gasteiger partial charge in [-0.2, -0.15) is 0 Å². The predicted molar refractivity (Wildman–Crippen MR) is 72.9 cm³/mol. The lowest BCUT2D eigenvalue weighted by atomic mass is 10.2. The third-order valence-corrected chi connectivity index (χ3v) is 2.40. The van der Waals surface area contributed by atoms with Gasteiger partial charge in [-0.3, -0.25) is 0 Å². The van der Waals surface area contributed by atoms with Crippen molar-refractivity contribution in [1.29, 1.82) is 0 Å². The highest BCUT2D eigenvalue weighted by atomic mass is 15.0. The third kappa shape index (κ3) is 3.76. The summed E-state index contributed by atoms with van der Waals surface area (Å²) in [6.45, 7) is 2.77. The first kappa shape index (κ1) is 11.4. The summed E-state index contributed by atoms with van der Waals surface area (Å²) < 4.78 is 0. The molecule has 1 heterocycles. The van der Waals surface area contributed by atoms with Gasteiger partial charge in [0, 0.05) is 12.2 Å². The molecule has 17 heavy (non-hydrogen) atoms. The molecule has 0 bridgehead atoms. The fourth-order valence-electron chi connectivity index (χ4n) is 1.56. The molecule has 1 aromatic carbocycles. The Morgan fingerprint density at radius 3 is 2.65 bits per heavy atom. The zero-order valence-corrected chi connectivity index (χ0v) is 9.93. The van der Waals surface area contributed by atoms with Crippen LogP contribution in [-0.4, -0.2) is 11.5 Å². The summed E-state index contributed by atoms with van der Waals surface area (Å²) in [6.07, 6.45) is 4.20. The maximum Gasteiger partial charge on any atom is 0.126 e. The molecular formula is C15H16N2. The molecule has 2 nitrogen and oxygen atoms in total. The number of hydrogen-bond acceptors (Lipinski definition) is 2. The van der Waals surface area contributed by atoms with Crippen LogP contribution >= 0.6 is 0 Å². The molecule has 0 amide bonds. The average molecular weight is 224 g/mol. The summed E-state index contributed by atoms with van der Waals surface area (Å²) in [5.74, 6) is 0.919. The molecule has 0 aliphatic heterocycles. The number of nitrogens with zero attached hydrogens (tertiary/aromatic N) is 1. The van der Waals surface area contributed by atoms with Crippen LogP contribution in [0.1, 0.15) is 11.3 Å². The topological polar surface area (TPSA) is 24.9 Å². The average Bonchev–Trinajstić information content (AvgIpc) is 2.36. The minimum atomic E-state index is 0.783. The second-order valence-corrected chi connectivity index (χ2v) is 3.86. The van der Waals surface area contributed by atoms with Crippen molar-refractivity contribution in [2.24, 2.45) is 0 Å². The molecule has 0 spiro atoms. The number of aryl methyl sites for hydroxylation is 1. The van der Waals surface area contributed by atoms with Crippen LogP contribution in [0.2, 0.25) is 0 Å². The SMILES string of the molecule is Cc1cccc(NC/C=C/c2ccccc2)n1. The van der Waals surface area contributed by atoms with Gasteiger partial charge in [0.05, 0.1) is 0 Å². The number of benzene rings is 1. The second-order valence-electron chi connectivity index (χ2n) is 3.86. The Balaban J connectivity index is 1.86. The Labute approximate surface area is 102 Å². The minimum Gasteiger partial charge on any atom is -0.367 e. The van der Waals surface area contributed by atoms with Crippen molar-refractivity contribution in [3.63, 3.8) is 0 Å². The minimum absolute atomic E-state index is 0.783. The van der Waals surface area contributed by atoms with Crippen LogP contribution in [0, 0.1) is 6.92 Å². The monoisotopic (exact) mass is 224 g/mol. The van der Waals surface area contributed by atoms with Gasteiger partial charge < -0.3 is 5.32 Å². The molecule has 0 atom stereocenters. The first-order valence-electron chi connectivity index (χ1n) is 5.74. The largest absolute Gasteiger partial charge is 0.367 e. The van der Waals surface area contributed by atoms with E-state index in [1.165, 1.54) is 5.56 Å². The molecule has 2 heteroatoms. The molecule has 1 aromatic heterocycles. The number of hydrogen-bond donors (Lipinski definition) is 1. The molecule has 0 unspecified atom stereocenters. The normalized spacial score (nSPS) is 10.6. The van der Waals surface area contributed by atoms with Crippen molar-refractivity contribution >= 4 is 11.9 Å². The Morgan fingerprint density at radius 2 is 1.88 bits per heavy atom. The number of pyridine rings is 1. The predicted octanol–water partition coefficient (Wildman–Crippen LogP) is 3.52. The van der Waals surface area contributed by atoms with Crippen LogP contribution in [0.15, 0.2) is 54.6 Å². The summed E-state index contributed by atoms with van der Waals surface area (Å²) in [6, 6.07) is 16.2. The van der Waals surface area contributed by atoms with Gasteiger partial charge in [-0.1, -0.05) is 48.6 Å². The van der Waals surface area contributed by atoms with Crippen molar-refractivity contribution in [2.75, 3.05) is 11.9 Å². The first-order chi connectivity index (χ1) is 8.34. The molecule has 2 rings (SSSR count). The van der Waals surface area contributed by atoms with Crippen LogP contribution in [0.25, 0.3) is 6.08 Å². The number of aromatic nitrogens is 1. The van der Waals surface area contributed by atoms with E-state index in [2.05, 4.69) is 34.6 Å². The quantitative estimate of drug-likeness (QED) is 0.859. The molecule has 0 saturated carbocycles. The summed E-state index contributed by atoms with van der Waals surface area (Å²) in [5, 5.41) is 3.26. The summed E-state index contributed by atoms with van der Waals surface area (Å²) in [4.78, 5) is 4.37. The zero-order chi connectivity index (χ0) is 11.9. The van der Waals surface area contributed by atoms with Gasteiger partial charge in [0.2, 0.25) is 0 Å². The highest BCUT2D eigenvalue weighted by molar-refractivity contribution is 5.49. The Hall–Kier alpha value is -2.09. The van der Waals surface area contributed by atoms with E-state index >= 15 is 0 Å². The molecule has 86 valence electrons. The molecule has 1 N–H and O–H groups in total. The van der Waals surface area contributed by atoms with Crippen molar-refractivity contribution in [2.45, 2.75) is 6.92 Å². The molecule has 0 radical (unpaired) electrons. The molecule has 0 aliphatic carbocycles. The summed E-state index contributed by atoms with van der Waals surface area (Å²) >= 11 is 0. The molecular weight excluding hydrogens is 208 g/mol. The van der Waals surface area contributed by atoms with E-state index < -0.39 is 0 Å². The van der Waals surface area contributed by atoms with E-state index in [1.807, 2.05) is 43.3 Å². The Kier molecular flexibility index (Phi) is 3.92. The van der Waals surface area contributed by atoms with Crippen molar-refractivity contribution in [1.82, 2.24) is 4.98 Å². The molecule has 2 aromatic rings. The van der Waals surface area contributed by atoms with Crippen molar-refractivity contribution in [3.05, 3.63) is 65.9 Å². The van der Waals surface area contributed by atoms with E-state index in [0.717, 1.165) is 18.1 Å². The smallest absolute Gasteiger partial charge is 0.126 e. The first-order valence-corrected chi connectivity index (χ1v) is 5.74. The third-order valence-electron chi connectivity index (χ3n) is 2.40. The van der Waals surface area contributed by atoms with Crippen LogP contribution in [0.5, 0.6) is 0 Å². The van der Waals surface area contributed by atoms with Gasteiger partial charge in [0.15, 0.2) is 0 Å². The zero-order valence-electron chi connectivity index (χ0n) is 9.93. The highest BCUT2D eigenvalue weighted by Crippen LogP contribution is 2.04. The Morgan fingerprint density at radius 1 is 1.06 bits per heavy atom. The van der Waals surface area contributed by atoms with Gasteiger partial charge in [0.25, 0.3) is 0 Å². The fraction of sp³-hybridized carbons (Fsp3) is 0.133. The second kappa shape index (κ2) is 5.85. The van der Waals surface area contributed by atoms with E-state index in [4.69, 9.17) is 0 Å². The van der Waals surface area contributed by atoms with E-state index in [0.29, 0.717) is 0 Å².